The molecule has 0 amide bonds. The van der Waals surface area contributed by atoms with Crippen molar-refractivity contribution in [1.82, 2.24) is 4.48 Å². The van der Waals surface area contributed by atoms with Crippen molar-refractivity contribution >= 4 is 29.1 Å². The lowest BCUT2D eigenvalue weighted by atomic mass is 10.2. The Morgan fingerprint density at radius 2 is 1.22 bits per heavy atom. The standard InChI is InChI=1S/C22H23N5/c1-27(2,3)22-16-14-19(15-17-22)24-18-23-25(20-10-6-4-7-11-20)26(24)21-12-8-5-9-13-21/h4-17H,1-3H3/q+2. The van der Waals surface area contributed by atoms with E-state index >= 15 is 0 Å². The highest BCUT2D eigenvalue weighted by Crippen LogP contribution is 2.31. The van der Waals surface area contributed by atoms with Gasteiger partial charge in [-0.2, -0.15) is 0 Å². The van der Waals surface area contributed by atoms with E-state index in [1.165, 1.54) is 5.69 Å². The predicted molar refractivity (Wildman–Crippen MR) is 114 cm³/mol. The van der Waals surface area contributed by atoms with Gasteiger partial charge in [0, 0.05) is 17.2 Å². The highest BCUT2D eigenvalue weighted by molar-refractivity contribution is 5.89. The first-order chi connectivity index (χ1) is 13.0. The van der Waals surface area contributed by atoms with Crippen LogP contribution in [0.5, 0.6) is 0 Å². The van der Waals surface area contributed by atoms with Gasteiger partial charge in [0.05, 0.1) is 44.7 Å². The molecule has 3 aromatic carbocycles. The van der Waals surface area contributed by atoms with Crippen molar-refractivity contribution in [1.29, 1.82) is 0 Å². The lowest BCUT2D eigenvalue weighted by Gasteiger charge is -2.28. The number of hydrogen-bond acceptors (Lipinski definition) is 4. The largest absolute Gasteiger partial charge is 0.368 e. The number of anilines is 3. The smallest absolute Gasteiger partial charge is 0.298 e. The van der Waals surface area contributed by atoms with Crippen LogP contribution in [0.4, 0.5) is 22.7 Å². The van der Waals surface area contributed by atoms with Crippen LogP contribution in [0, 0.1) is 0 Å². The first-order valence-electron chi connectivity index (χ1n) is 8.93. The maximum atomic E-state index is 4.52. The van der Waals surface area contributed by atoms with Crippen LogP contribution in [0.25, 0.3) is 0 Å². The molecule has 0 spiro atoms. The molecule has 0 radical (unpaired) electrons. The van der Waals surface area contributed by atoms with Crippen LogP contribution in [0.1, 0.15) is 0 Å². The number of para-hydroxylation sites is 2. The highest BCUT2D eigenvalue weighted by Gasteiger charge is 2.38. The second-order valence-corrected chi connectivity index (χ2v) is 7.29. The van der Waals surface area contributed by atoms with Crippen LogP contribution in [0.2, 0.25) is 0 Å². The van der Waals surface area contributed by atoms with E-state index in [1.54, 1.807) is 0 Å². The minimum Gasteiger partial charge on any atom is -0.298 e. The number of hydrazone groups is 1. The summed E-state index contributed by atoms with van der Waals surface area (Å²) in [6, 6.07) is 28.8. The van der Waals surface area contributed by atoms with Crippen molar-refractivity contribution < 1.29 is 0 Å². The van der Waals surface area contributed by atoms with Crippen molar-refractivity contribution in [2.45, 2.75) is 0 Å². The Labute approximate surface area is 160 Å². The average molecular weight is 357 g/mol. The number of nitrogens with zero attached hydrogens (tertiary/aromatic N) is 5. The van der Waals surface area contributed by atoms with Gasteiger partial charge in [-0.25, -0.2) is 0 Å². The monoisotopic (exact) mass is 357 g/mol. The molecule has 1 heterocycles. The van der Waals surface area contributed by atoms with Gasteiger partial charge in [-0.1, -0.05) is 36.4 Å². The first-order valence-corrected chi connectivity index (χ1v) is 8.93. The molecule has 0 saturated heterocycles. The molecule has 4 rings (SSSR count). The van der Waals surface area contributed by atoms with E-state index in [0.717, 1.165) is 21.5 Å². The van der Waals surface area contributed by atoms with E-state index < -0.39 is 0 Å². The summed E-state index contributed by atoms with van der Waals surface area (Å²) in [5, 5.41) is 10.3. The van der Waals surface area contributed by atoms with E-state index in [0.29, 0.717) is 0 Å². The first kappa shape index (κ1) is 17.0. The third-order valence-corrected chi connectivity index (χ3v) is 4.45. The second-order valence-electron chi connectivity index (χ2n) is 7.29. The van der Waals surface area contributed by atoms with Crippen LogP contribution in [0.3, 0.4) is 0 Å². The van der Waals surface area contributed by atoms with E-state index in [1.807, 2.05) is 63.8 Å². The van der Waals surface area contributed by atoms with Gasteiger partial charge in [-0.15, -0.1) is 10.2 Å². The number of hydrogen-bond donors (Lipinski definition) is 0. The van der Waals surface area contributed by atoms with Gasteiger partial charge >= 0.3 is 6.34 Å². The molecular weight excluding hydrogens is 334 g/mol. The Bertz CT molecular complexity index is 914. The predicted octanol–water partition coefficient (Wildman–Crippen LogP) is 4.37. The van der Waals surface area contributed by atoms with Gasteiger partial charge in [-0.3, -0.25) is 4.48 Å². The van der Waals surface area contributed by atoms with Gasteiger partial charge in [0.15, 0.2) is 0 Å². The van der Waals surface area contributed by atoms with Crippen molar-refractivity contribution in [3.63, 3.8) is 0 Å². The molecule has 0 saturated carbocycles. The number of quaternary nitrogens is 1. The summed E-state index contributed by atoms with van der Waals surface area (Å²) in [5.41, 5.74) is 4.21. The fraction of sp³-hybridized carbons (Fsp3) is 0.136. The molecule has 134 valence electrons. The fourth-order valence-electron chi connectivity index (χ4n) is 2.98. The Kier molecular flexibility index (Phi) is 4.24. The lowest BCUT2D eigenvalue weighted by molar-refractivity contribution is 0.486. The van der Waals surface area contributed by atoms with E-state index in [-0.39, 0.29) is 0 Å². The van der Waals surface area contributed by atoms with Gasteiger partial charge in [0.25, 0.3) is 0 Å². The normalized spacial score (nSPS) is 13.8. The Hall–Kier alpha value is -3.40. The average Bonchev–Trinajstić information content (AvgIpc) is 3.14. The van der Waals surface area contributed by atoms with Crippen LogP contribution < -0.4 is 19.7 Å². The number of benzene rings is 3. The van der Waals surface area contributed by atoms with Gasteiger partial charge in [0.2, 0.25) is 5.69 Å². The highest BCUT2D eigenvalue weighted by atomic mass is 16.0. The quantitative estimate of drug-likeness (QED) is 0.511. The zero-order valence-electron chi connectivity index (χ0n) is 15.8. The number of rotatable bonds is 4. The van der Waals surface area contributed by atoms with E-state index in [2.05, 4.69) is 69.0 Å². The molecule has 5 nitrogen and oxygen atoms in total. The number of hydrazine groups is 2. The summed E-state index contributed by atoms with van der Waals surface area (Å²) >= 11 is 0. The molecule has 1 aliphatic rings. The minimum absolute atomic E-state index is 0.774. The molecule has 0 aliphatic carbocycles. The van der Waals surface area contributed by atoms with E-state index in [4.69, 9.17) is 0 Å². The maximum Gasteiger partial charge on any atom is 0.368 e. The second kappa shape index (κ2) is 6.72. The van der Waals surface area contributed by atoms with Crippen molar-refractivity contribution in [3.8, 4) is 0 Å². The third kappa shape index (κ3) is 3.34. The van der Waals surface area contributed by atoms with Crippen molar-refractivity contribution in [2.24, 2.45) is 5.10 Å². The molecule has 0 bridgehead atoms. The Morgan fingerprint density at radius 1 is 0.667 bits per heavy atom. The molecule has 0 atom stereocenters. The molecule has 3 aromatic rings. The summed E-state index contributed by atoms with van der Waals surface area (Å²) in [6.45, 7) is 0. The molecule has 5 heteroatoms. The van der Waals surface area contributed by atoms with Crippen molar-refractivity contribution in [3.05, 3.63) is 84.9 Å². The lowest BCUT2D eigenvalue weighted by Crippen LogP contribution is -2.46. The van der Waals surface area contributed by atoms with Crippen LogP contribution in [0.15, 0.2) is 90.0 Å². The molecule has 1 aliphatic heterocycles. The minimum atomic E-state index is 0.774. The topological polar surface area (TPSA) is 22.1 Å². The van der Waals surface area contributed by atoms with Crippen molar-refractivity contribution in [2.75, 3.05) is 36.4 Å². The fourth-order valence-corrected chi connectivity index (χ4v) is 2.98. The summed E-state index contributed by atoms with van der Waals surface area (Å²) in [7, 11) is 6.48. The van der Waals surface area contributed by atoms with Gasteiger partial charge in [0.1, 0.15) is 5.69 Å². The Balaban J connectivity index is 1.73. The summed E-state index contributed by atoms with van der Waals surface area (Å²) in [4.78, 5) is 0. The zero-order chi connectivity index (χ0) is 18.9. The molecule has 0 N–H and O–H groups in total. The zero-order valence-corrected chi connectivity index (χ0v) is 15.8. The van der Waals surface area contributed by atoms with Gasteiger partial charge < -0.3 is 0 Å². The maximum absolute atomic E-state index is 4.52. The molecular formula is C22H23N5+2. The molecule has 27 heavy (non-hydrogen) atoms. The Morgan fingerprint density at radius 3 is 1.78 bits per heavy atom. The van der Waals surface area contributed by atoms with E-state index in [9.17, 15) is 0 Å². The molecule has 0 unspecified atom stereocenters. The summed E-state index contributed by atoms with van der Waals surface area (Å²) in [5.74, 6) is 0. The van der Waals surface area contributed by atoms with Crippen LogP contribution >= 0.6 is 0 Å². The summed E-state index contributed by atoms with van der Waals surface area (Å²) in [6.07, 6.45) is 3.13. The third-order valence-electron chi connectivity index (χ3n) is 4.45. The van der Waals surface area contributed by atoms with Crippen LogP contribution in [-0.2, 0) is 0 Å². The van der Waals surface area contributed by atoms with Gasteiger partial charge in [-0.05, 0) is 29.3 Å². The summed E-state index contributed by atoms with van der Waals surface area (Å²) < 4.78 is 0.774. The SMILES string of the molecule is C[N+](C)(C)c1ccc(N2[C+]=NN(c3ccccc3)N2c2ccccc2)cc1. The molecule has 0 fully saturated rings. The molecule has 0 aromatic heterocycles. The van der Waals surface area contributed by atoms with Crippen LogP contribution in [-0.4, -0.2) is 27.5 Å².